The molecule has 1 aliphatic rings. The monoisotopic (exact) mass is 330 g/mol. The maximum atomic E-state index is 12.1. The van der Waals surface area contributed by atoms with Crippen LogP contribution in [0.4, 0.5) is 4.79 Å². The summed E-state index contributed by atoms with van der Waals surface area (Å²) in [6, 6.07) is 6.84. The van der Waals surface area contributed by atoms with Crippen molar-refractivity contribution >= 4 is 23.0 Å². The maximum Gasteiger partial charge on any atom is 0.321 e. The zero-order chi connectivity index (χ0) is 17.1. The number of fused-ring (bicyclic) bond motifs is 1. The Bertz CT molecular complexity index is 709. The minimum Gasteiger partial charge on any atom is -0.440 e. The predicted molar refractivity (Wildman–Crippen MR) is 89.6 cm³/mol. The van der Waals surface area contributed by atoms with Crippen LogP contribution in [0.15, 0.2) is 28.7 Å². The molecule has 2 aromatic rings. The van der Waals surface area contributed by atoms with Gasteiger partial charge in [-0.05, 0) is 38.4 Å². The number of urea groups is 1. The molecule has 2 atom stereocenters. The number of hydrogen-bond donors (Lipinski definition) is 2. The number of likely N-dealkylation sites (tertiary alicyclic amines) is 1. The second-order valence-corrected chi connectivity index (χ2v) is 6.10. The number of hydrogen-bond acceptors (Lipinski definition) is 5. The van der Waals surface area contributed by atoms with Crippen molar-refractivity contribution in [2.45, 2.75) is 31.7 Å². The van der Waals surface area contributed by atoms with Crippen LogP contribution in [-0.4, -0.2) is 48.0 Å². The Balaban J connectivity index is 1.69. The van der Waals surface area contributed by atoms with E-state index in [-0.39, 0.29) is 17.9 Å². The van der Waals surface area contributed by atoms with Crippen molar-refractivity contribution in [2.24, 2.45) is 0 Å². The molecule has 24 heavy (non-hydrogen) atoms. The summed E-state index contributed by atoms with van der Waals surface area (Å²) in [6.07, 6.45) is 1.94. The quantitative estimate of drug-likeness (QED) is 0.897. The number of carbonyl (C=O) groups is 2. The molecule has 0 saturated carbocycles. The largest absolute Gasteiger partial charge is 0.440 e. The summed E-state index contributed by atoms with van der Waals surface area (Å²) in [5, 5.41) is 4.72. The third-order valence-corrected chi connectivity index (χ3v) is 4.50. The van der Waals surface area contributed by atoms with E-state index in [1.165, 1.54) is 7.05 Å². The van der Waals surface area contributed by atoms with Gasteiger partial charge in [0, 0.05) is 19.5 Å². The summed E-state index contributed by atoms with van der Waals surface area (Å²) >= 11 is 0. The van der Waals surface area contributed by atoms with Gasteiger partial charge in [0.05, 0.1) is 6.04 Å². The van der Waals surface area contributed by atoms with Crippen LogP contribution >= 0.6 is 0 Å². The zero-order valence-corrected chi connectivity index (χ0v) is 13.9. The summed E-state index contributed by atoms with van der Waals surface area (Å²) in [5.74, 6) is 0.578. The third kappa shape index (κ3) is 3.41. The van der Waals surface area contributed by atoms with E-state index in [0.29, 0.717) is 6.54 Å². The molecule has 1 aromatic carbocycles. The second kappa shape index (κ2) is 7.00. The van der Waals surface area contributed by atoms with Crippen LogP contribution in [-0.2, 0) is 4.79 Å². The number of rotatable bonds is 3. The number of benzene rings is 1. The van der Waals surface area contributed by atoms with Crippen molar-refractivity contribution in [1.29, 1.82) is 0 Å². The average molecular weight is 330 g/mol. The Kier molecular flexibility index (Phi) is 4.80. The summed E-state index contributed by atoms with van der Waals surface area (Å²) in [4.78, 5) is 30.1. The summed E-state index contributed by atoms with van der Waals surface area (Å²) in [5.41, 5.74) is 1.64. The van der Waals surface area contributed by atoms with Gasteiger partial charge in [-0.2, -0.15) is 0 Å². The van der Waals surface area contributed by atoms with Crippen molar-refractivity contribution in [3.05, 3.63) is 30.2 Å². The maximum absolute atomic E-state index is 12.1. The van der Waals surface area contributed by atoms with Crippen molar-refractivity contribution in [3.8, 4) is 0 Å². The highest BCUT2D eigenvalue weighted by atomic mass is 16.3. The van der Waals surface area contributed by atoms with Crippen molar-refractivity contribution in [1.82, 2.24) is 20.5 Å². The molecule has 2 N–H and O–H groups in total. The molecule has 7 nitrogen and oxygen atoms in total. The molecule has 0 bridgehead atoms. The lowest BCUT2D eigenvalue weighted by molar-refractivity contribution is -0.125. The van der Waals surface area contributed by atoms with Gasteiger partial charge >= 0.3 is 6.03 Å². The number of para-hydroxylation sites is 2. The van der Waals surface area contributed by atoms with Gasteiger partial charge in [0.2, 0.25) is 5.91 Å². The standard InChI is InChI=1S/C17H22N4O3/c1-11(15(22)20-17(23)18-2)21-9-5-6-12(10-21)16-19-13-7-3-4-8-14(13)24-16/h3-4,7-8,11-12H,5-6,9-10H2,1-2H3,(H2,18,20,22,23)/t11-,12-/m0/s1. The topological polar surface area (TPSA) is 87.5 Å². The first-order chi connectivity index (χ1) is 11.6. The van der Waals surface area contributed by atoms with Crippen molar-refractivity contribution < 1.29 is 14.0 Å². The molecule has 1 aromatic heterocycles. The fourth-order valence-corrected chi connectivity index (χ4v) is 3.07. The normalized spacial score (nSPS) is 19.8. The predicted octanol–water partition coefficient (Wildman–Crippen LogP) is 1.85. The Labute approximate surface area is 140 Å². The van der Waals surface area contributed by atoms with E-state index >= 15 is 0 Å². The molecule has 0 unspecified atom stereocenters. The van der Waals surface area contributed by atoms with Crippen molar-refractivity contribution in [2.75, 3.05) is 20.1 Å². The van der Waals surface area contributed by atoms with E-state index in [2.05, 4.69) is 20.5 Å². The van der Waals surface area contributed by atoms with Crippen LogP contribution in [0.2, 0.25) is 0 Å². The van der Waals surface area contributed by atoms with Crippen LogP contribution < -0.4 is 10.6 Å². The first kappa shape index (κ1) is 16.4. The molecular weight excluding hydrogens is 308 g/mol. The Morgan fingerprint density at radius 3 is 2.92 bits per heavy atom. The molecular formula is C17H22N4O3. The fraction of sp³-hybridized carbons (Fsp3) is 0.471. The zero-order valence-electron chi connectivity index (χ0n) is 13.9. The van der Waals surface area contributed by atoms with Crippen molar-refractivity contribution in [3.63, 3.8) is 0 Å². The van der Waals surface area contributed by atoms with Crippen LogP contribution in [0.25, 0.3) is 11.1 Å². The van der Waals surface area contributed by atoms with E-state index in [4.69, 9.17) is 4.42 Å². The molecule has 1 aliphatic heterocycles. The Morgan fingerprint density at radius 2 is 2.17 bits per heavy atom. The average Bonchev–Trinajstić information content (AvgIpc) is 3.05. The minimum atomic E-state index is -0.487. The van der Waals surface area contributed by atoms with Gasteiger partial charge in [0.1, 0.15) is 5.52 Å². The third-order valence-electron chi connectivity index (χ3n) is 4.50. The van der Waals surface area contributed by atoms with Gasteiger partial charge in [-0.3, -0.25) is 15.0 Å². The molecule has 1 fully saturated rings. The number of aromatic nitrogens is 1. The van der Waals surface area contributed by atoms with Gasteiger partial charge < -0.3 is 9.73 Å². The summed E-state index contributed by atoms with van der Waals surface area (Å²) in [6.45, 7) is 3.32. The van der Waals surface area contributed by atoms with E-state index < -0.39 is 6.03 Å². The number of nitrogens with zero attached hydrogens (tertiary/aromatic N) is 2. The summed E-state index contributed by atoms with van der Waals surface area (Å²) < 4.78 is 5.88. The molecule has 1 saturated heterocycles. The lowest BCUT2D eigenvalue weighted by Crippen LogP contribution is -2.51. The lowest BCUT2D eigenvalue weighted by Gasteiger charge is -2.34. The Hall–Kier alpha value is -2.41. The molecule has 0 aliphatic carbocycles. The van der Waals surface area contributed by atoms with E-state index in [0.717, 1.165) is 36.4 Å². The Morgan fingerprint density at radius 1 is 1.38 bits per heavy atom. The SMILES string of the molecule is CNC(=O)NC(=O)[C@H](C)N1CCC[C@H](c2nc3ccccc3o2)C1. The fourth-order valence-electron chi connectivity index (χ4n) is 3.07. The molecule has 128 valence electrons. The van der Waals surface area contributed by atoms with Crippen LogP contribution in [0.1, 0.15) is 31.6 Å². The molecule has 3 rings (SSSR count). The van der Waals surface area contributed by atoms with Crippen LogP contribution in [0.3, 0.4) is 0 Å². The van der Waals surface area contributed by atoms with Crippen LogP contribution in [0, 0.1) is 0 Å². The highest BCUT2D eigenvalue weighted by Gasteiger charge is 2.31. The minimum absolute atomic E-state index is 0.154. The van der Waals surface area contributed by atoms with Gasteiger partial charge in [0.25, 0.3) is 0 Å². The summed E-state index contributed by atoms with van der Waals surface area (Å²) in [7, 11) is 1.48. The number of oxazole rings is 1. The highest BCUT2D eigenvalue weighted by molar-refractivity contribution is 5.96. The number of amides is 3. The van der Waals surface area contributed by atoms with Gasteiger partial charge in [-0.15, -0.1) is 0 Å². The smallest absolute Gasteiger partial charge is 0.321 e. The van der Waals surface area contributed by atoms with Gasteiger partial charge in [-0.1, -0.05) is 12.1 Å². The van der Waals surface area contributed by atoms with Crippen LogP contribution in [0.5, 0.6) is 0 Å². The van der Waals surface area contributed by atoms with E-state index in [1.54, 1.807) is 0 Å². The van der Waals surface area contributed by atoms with Gasteiger partial charge in [-0.25, -0.2) is 9.78 Å². The lowest BCUT2D eigenvalue weighted by atomic mass is 9.96. The molecule has 7 heteroatoms. The second-order valence-electron chi connectivity index (χ2n) is 6.10. The van der Waals surface area contributed by atoms with E-state index in [1.807, 2.05) is 31.2 Å². The molecule has 0 radical (unpaired) electrons. The molecule has 3 amide bonds. The first-order valence-corrected chi connectivity index (χ1v) is 8.20. The van der Waals surface area contributed by atoms with E-state index in [9.17, 15) is 9.59 Å². The number of nitrogens with one attached hydrogen (secondary N) is 2. The molecule has 0 spiro atoms. The number of imide groups is 1. The molecule has 2 heterocycles. The number of piperidine rings is 1. The highest BCUT2D eigenvalue weighted by Crippen LogP contribution is 2.29. The first-order valence-electron chi connectivity index (χ1n) is 8.20. The van der Waals surface area contributed by atoms with Gasteiger partial charge in [0.15, 0.2) is 11.5 Å². The number of carbonyl (C=O) groups excluding carboxylic acids is 2.